The largest absolute Gasteiger partial charge is 0.463 e. The molecule has 0 fully saturated rings. The first-order valence-corrected chi connectivity index (χ1v) is 36.0. The van der Waals surface area contributed by atoms with Gasteiger partial charge in [0.05, 0.1) is 5.41 Å². The van der Waals surface area contributed by atoms with Crippen LogP contribution in [0.2, 0.25) is 0 Å². The molecule has 12 heteroatoms. The molecule has 6 aromatic rings. The van der Waals surface area contributed by atoms with Crippen LogP contribution in [0.5, 0.6) is 5.75 Å². The maximum absolute atomic E-state index is 11.8. The molecule has 0 saturated heterocycles. The Labute approximate surface area is 669 Å². The summed E-state index contributed by atoms with van der Waals surface area (Å²) in [6, 6.07) is 50.6. The van der Waals surface area contributed by atoms with Gasteiger partial charge in [-0.25, -0.2) is 0 Å². The fourth-order valence-corrected chi connectivity index (χ4v) is 16.1. The van der Waals surface area contributed by atoms with Gasteiger partial charge in [-0.05, 0) is 163 Å². The topological polar surface area (TPSA) is 93.7 Å². The van der Waals surface area contributed by atoms with Crippen molar-refractivity contribution in [2.24, 2.45) is 0 Å². The molecule has 1 radical (unpaired) electrons. The quantitative estimate of drug-likeness (QED) is 0.159. The molecule has 0 saturated carbocycles. The smallest absolute Gasteiger partial charge is 0.211 e. The summed E-state index contributed by atoms with van der Waals surface area (Å²) in [5, 5.41) is 0. The van der Waals surface area contributed by atoms with Gasteiger partial charge in [-0.2, -0.15) is 0 Å². The molecule has 10 nitrogen and oxygen atoms in total. The van der Waals surface area contributed by atoms with Crippen LogP contribution in [0.4, 0.5) is 28.4 Å². The van der Waals surface area contributed by atoms with Crippen LogP contribution in [0, 0.1) is 31.1 Å². The Balaban J connectivity index is 0.000000142. The van der Waals surface area contributed by atoms with Crippen LogP contribution in [0.1, 0.15) is 103 Å². The summed E-state index contributed by atoms with van der Waals surface area (Å²) in [6.45, 7) is 22.3. The van der Waals surface area contributed by atoms with Crippen LogP contribution < -0.4 is 29.2 Å². The number of para-hydroxylation sites is 6. The van der Waals surface area contributed by atoms with E-state index in [-0.39, 0.29) is 99.9 Å². The summed E-state index contributed by atoms with van der Waals surface area (Å²) in [6.07, 6.45) is 48.8. The number of carbonyl (C=O) groups excluding carboxylic acids is 4. The number of hydrogen-bond donors (Lipinski definition) is 0. The number of anilines is 5. The third kappa shape index (κ3) is 15.2. The first kappa shape index (κ1) is 79.6. The first-order chi connectivity index (χ1) is 50.1. The molecule has 6 heterocycles. The number of rotatable bonds is 4. The third-order valence-corrected chi connectivity index (χ3v) is 22.1. The zero-order chi connectivity index (χ0) is 74.8. The minimum atomic E-state index is -0.467. The number of ketones is 4. The molecule has 1 atom stereocenters. The normalized spacial score (nSPS) is 23.0. The number of hydrogen-bond acceptors (Lipinski definition) is 10. The second-order valence-electron chi connectivity index (χ2n) is 30.2. The van der Waals surface area contributed by atoms with Crippen molar-refractivity contribution in [3.8, 4) is 5.75 Å². The average Bonchev–Trinajstić information content (AvgIpc) is 1.55. The Morgan fingerprint density at radius 3 is 0.832 bits per heavy atom. The predicted octanol–water partition coefficient (Wildman–Crippen LogP) is 19.9. The summed E-state index contributed by atoms with van der Waals surface area (Å²) in [7, 11) is 10.4. The van der Waals surface area contributed by atoms with E-state index in [2.05, 4.69) is 293 Å². The van der Waals surface area contributed by atoms with Gasteiger partial charge in [-0.15, -0.1) is 0 Å². The molecule has 0 bridgehead atoms. The minimum Gasteiger partial charge on any atom is -0.463 e. The van der Waals surface area contributed by atoms with Gasteiger partial charge in [-0.1, -0.05) is 237 Å². The number of benzene rings is 6. The number of fused-ring (bicyclic) bond motifs is 6. The Bertz CT molecular complexity index is 4590. The van der Waals surface area contributed by atoms with Gasteiger partial charge in [0.25, 0.3) is 0 Å². The number of likely N-dealkylation sites (N-methyl/N-ethyl adjacent to an activating group) is 5. The molecule has 539 valence electrons. The van der Waals surface area contributed by atoms with Crippen LogP contribution >= 0.6 is 0 Å². The van der Waals surface area contributed by atoms with Crippen LogP contribution in [0.3, 0.4) is 0 Å². The maximum Gasteiger partial charge on any atom is 0.211 e. The van der Waals surface area contributed by atoms with Gasteiger partial charge in [0.15, 0.2) is 23.1 Å². The maximum atomic E-state index is 11.8. The molecular formula is C95H95N5O5UV. The molecule has 1 unspecified atom stereocenters. The fraction of sp³-hybridized carbons (Fsp3) is 0.221. The standard InChI is InChI=1S/5C19H19NO.U.V/c1-18(2)15-9-5-6-10-16(15)20(3)19(18)13-12-14-8-4-7-11-17(14)21-19;4*1-19(2)15-9-5-6-10-16(15)20(3)18(19)13-12-14-8-4-7-11-17(14)21;;/h5*4-13H,1-3H3;;/b;14-12+,18-13+;14-12+,18-13-;14-12-,18-13+;14-12-,18-13-;;. The van der Waals surface area contributed by atoms with E-state index in [1.165, 1.54) is 79.0 Å². The number of allylic oxidation sites excluding steroid dienone is 32. The van der Waals surface area contributed by atoms with Crippen LogP contribution in [-0.2, 0) is 64.8 Å². The SMILES string of the molecule is CN1/C(=C/C=C2/C=CC=CC2=O)C(C)(C)c2ccccc21.CN1/C(=C/C=C2\C=CC=CC2=O)C(C)(C)c2ccccc21.CN1/C(=C\C=C2/C=CC=CC2=O)C(C)(C)c2ccccc21.CN1/C(=C\C=C2\C=CC=CC2=O)C(C)(C)c2ccccc21.CN1c2ccccc2C(C)(C)C12C=Cc1ccccc1O2.[U].[V]. The minimum absolute atomic E-state index is 0. The van der Waals surface area contributed by atoms with E-state index in [0.29, 0.717) is 0 Å². The van der Waals surface area contributed by atoms with Gasteiger partial charge >= 0.3 is 0 Å². The summed E-state index contributed by atoms with van der Waals surface area (Å²) in [5.74, 6) is 1.19. The molecular weight excluding hydrogens is 1580 g/mol. The second kappa shape index (κ2) is 32.2. The zero-order valence-electron chi connectivity index (χ0n) is 64.1. The van der Waals surface area contributed by atoms with Gasteiger partial charge in [0.2, 0.25) is 5.72 Å². The van der Waals surface area contributed by atoms with Crippen LogP contribution in [-0.4, -0.2) is 64.1 Å². The Kier molecular flexibility index (Phi) is 24.0. The molecule has 6 aliphatic heterocycles. The van der Waals surface area contributed by atoms with E-state index in [1.54, 1.807) is 48.6 Å². The van der Waals surface area contributed by atoms with Gasteiger partial charge in [0, 0.05) is 186 Å². The van der Waals surface area contributed by atoms with Crippen molar-refractivity contribution in [2.75, 3.05) is 59.7 Å². The fourth-order valence-electron chi connectivity index (χ4n) is 16.1. The molecule has 0 N–H and O–H groups in total. The van der Waals surface area contributed by atoms with Crippen LogP contribution in [0.15, 0.2) is 343 Å². The van der Waals surface area contributed by atoms with Crippen LogP contribution in [0.25, 0.3) is 6.08 Å². The van der Waals surface area contributed by atoms with Gasteiger partial charge in [0.1, 0.15) is 5.75 Å². The summed E-state index contributed by atoms with van der Waals surface area (Å²) >= 11 is 0. The number of ether oxygens (including phenoxy) is 1. The van der Waals surface area contributed by atoms with Crippen molar-refractivity contribution < 1.29 is 73.6 Å². The number of nitrogens with zero attached hydrogens (tertiary/aromatic N) is 5. The molecule has 1 spiro atoms. The average molecular weight is 1680 g/mol. The van der Waals surface area contributed by atoms with Crippen molar-refractivity contribution >= 4 is 57.6 Å². The zero-order valence-corrected chi connectivity index (χ0v) is 69.7. The Morgan fingerprint density at radius 2 is 0.551 bits per heavy atom. The summed E-state index contributed by atoms with van der Waals surface area (Å²) in [5.41, 5.74) is 20.8. The van der Waals surface area contributed by atoms with E-state index < -0.39 is 5.72 Å². The monoisotopic (exact) mass is 1670 g/mol. The van der Waals surface area contributed by atoms with Crippen molar-refractivity contribution in [1.82, 2.24) is 0 Å². The van der Waals surface area contributed by atoms with E-state index in [9.17, 15) is 19.2 Å². The molecule has 6 aromatic carbocycles. The predicted molar refractivity (Wildman–Crippen MR) is 436 cm³/mol. The molecule has 107 heavy (non-hydrogen) atoms. The van der Waals surface area contributed by atoms with Gasteiger partial charge in [-0.3, -0.25) is 19.2 Å². The molecule has 4 aliphatic carbocycles. The van der Waals surface area contributed by atoms with Crippen molar-refractivity contribution in [3.05, 3.63) is 376 Å². The second-order valence-corrected chi connectivity index (χ2v) is 30.2. The van der Waals surface area contributed by atoms with Crippen molar-refractivity contribution in [2.45, 2.75) is 102 Å². The van der Waals surface area contributed by atoms with E-state index >= 15 is 0 Å². The van der Waals surface area contributed by atoms with E-state index in [0.717, 1.165) is 33.6 Å². The summed E-state index contributed by atoms with van der Waals surface area (Å²) < 4.78 is 6.53. The third-order valence-electron chi connectivity index (χ3n) is 22.1. The Morgan fingerprint density at radius 1 is 0.299 bits per heavy atom. The van der Waals surface area contributed by atoms with E-state index in [1.807, 2.05) is 91.1 Å². The number of carbonyl (C=O) groups is 4. The molecule has 0 amide bonds. The molecule has 0 aromatic heterocycles. The first-order valence-electron chi connectivity index (χ1n) is 36.0. The van der Waals surface area contributed by atoms with Gasteiger partial charge < -0.3 is 29.2 Å². The Hall–Kier alpha value is -9.98. The van der Waals surface area contributed by atoms with Crippen molar-refractivity contribution in [1.29, 1.82) is 0 Å². The molecule has 10 aliphatic rings. The molecule has 16 rings (SSSR count). The van der Waals surface area contributed by atoms with E-state index in [4.69, 9.17) is 4.74 Å². The van der Waals surface area contributed by atoms with Crippen molar-refractivity contribution in [3.63, 3.8) is 0 Å². The summed E-state index contributed by atoms with van der Waals surface area (Å²) in [4.78, 5) is 58.3.